The van der Waals surface area contributed by atoms with Crippen LogP contribution in [0.15, 0.2) is 0 Å². The molecule has 8 rings (SSSR count). The zero-order valence-electron chi connectivity index (χ0n) is 26.6. The van der Waals surface area contributed by atoms with Crippen LogP contribution in [0.5, 0.6) is 0 Å². The second kappa shape index (κ2) is 10.9. The third kappa shape index (κ3) is 4.90. The molecule has 0 N–H and O–H groups in total. The van der Waals surface area contributed by atoms with E-state index in [2.05, 4.69) is 0 Å². The molecule has 0 unspecified atom stereocenters. The van der Waals surface area contributed by atoms with E-state index in [9.17, 15) is 10.4 Å². The van der Waals surface area contributed by atoms with E-state index in [1.165, 1.54) is 25.7 Å². The Balaban J connectivity index is 1.00. The van der Waals surface area contributed by atoms with Gasteiger partial charge < -0.3 is 18.9 Å². The molecule has 0 amide bonds. The quantitative estimate of drug-likeness (QED) is 0.294. The molecule has 43 heavy (non-hydrogen) atoms. The maximum absolute atomic E-state index is 14.2. The summed E-state index contributed by atoms with van der Waals surface area (Å²) in [4.78, 5) is 0. The molecule has 0 atom stereocenters. The van der Waals surface area contributed by atoms with E-state index in [1.54, 1.807) is 10.1 Å². The lowest BCUT2D eigenvalue weighted by atomic mass is 9.64. The highest BCUT2D eigenvalue weighted by Crippen LogP contribution is 2.59. The summed E-state index contributed by atoms with van der Waals surface area (Å²) >= 11 is 0. The summed E-state index contributed by atoms with van der Waals surface area (Å²) in [5.41, 5.74) is -1.74. The van der Waals surface area contributed by atoms with Gasteiger partial charge in [0.05, 0.1) is 54.0 Å². The van der Waals surface area contributed by atoms with Crippen molar-refractivity contribution >= 4 is 0 Å². The first-order valence-corrected chi connectivity index (χ1v) is 18.3. The second-order valence-electron chi connectivity index (χ2n) is 16.9. The SMILES string of the molecule is [O]N1C2(CCCCC2)CC2(CC13CCCCC3)OCC1(CO2)COC2(CC3(CCCCC3)N([O])C3(CCCCC3)C2)OC1. The van der Waals surface area contributed by atoms with Gasteiger partial charge in [0.1, 0.15) is 0 Å². The fraction of sp³-hybridized carbons (Fsp3) is 1.00. The molecular weight excluding hydrogens is 544 g/mol. The highest BCUT2D eigenvalue weighted by atomic mass is 16.7. The van der Waals surface area contributed by atoms with Gasteiger partial charge in [-0.2, -0.15) is 0 Å². The molecule has 8 fully saturated rings. The normalized spacial score (nSPS) is 42.8. The fourth-order valence-corrected chi connectivity index (χ4v) is 11.7. The van der Waals surface area contributed by atoms with Crippen LogP contribution in [0.2, 0.25) is 0 Å². The van der Waals surface area contributed by atoms with Crippen molar-refractivity contribution in [3.05, 3.63) is 0 Å². The first-order valence-electron chi connectivity index (χ1n) is 18.3. The third-order valence-electron chi connectivity index (χ3n) is 13.8. The van der Waals surface area contributed by atoms with Gasteiger partial charge in [0.25, 0.3) is 0 Å². The Bertz CT molecular complexity index is 850. The smallest absolute Gasteiger partial charge is 0.172 e. The van der Waals surface area contributed by atoms with Crippen LogP contribution < -0.4 is 0 Å². The van der Waals surface area contributed by atoms with Crippen molar-refractivity contribution in [1.82, 2.24) is 10.1 Å². The third-order valence-corrected chi connectivity index (χ3v) is 13.8. The Morgan fingerprint density at radius 2 is 0.581 bits per heavy atom. The molecule has 0 aromatic rings. The molecular formula is C35H56N2O6. The molecule has 0 aromatic heterocycles. The predicted octanol–water partition coefficient (Wildman–Crippen LogP) is 7.15. The summed E-state index contributed by atoms with van der Waals surface area (Å²) in [5.74, 6) is -1.36. The van der Waals surface area contributed by atoms with E-state index in [1.807, 2.05) is 0 Å². The van der Waals surface area contributed by atoms with E-state index in [4.69, 9.17) is 18.9 Å². The molecule has 8 heteroatoms. The highest BCUT2D eigenvalue weighted by molar-refractivity contribution is 5.12. The van der Waals surface area contributed by atoms with Crippen LogP contribution >= 0.6 is 0 Å². The summed E-state index contributed by atoms with van der Waals surface area (Å²) < 4.78 is 27.6. The molecule has 4 aliphatic carbocycles. The van der Waals surface area contributed by atoms with E-state index in [0.29, 0.717) is 52.1 Å². The Morgan fingerprint density at radius 3 is 0.814 bits per heavy atom. The number of rotatable bonds is 0. The molecule has 4 heterocycles. The van der Waals surface area contributed by atoms with Crippen molar-refractivity contribution < 1.29 is 29.4 Å². The van der Waals surface area contributed by atoms with Gasteiger partial charge in [0.15, 0.2) is 11.6 Å². The van der Waals surface area contributed by atoms with E-state index in [-0.39, 0.29) is 27.6 Å². The Kier molecular flexibility index (Phi) is 7.59. The zero-order chi connectivity index (χ0) is 29.3. The monoisotopic (exact) mass is 600 g/mol. The minimum absolute atomic E-state index is 0.335. The molecule has 2 radical (unpaired) electrons. The van der Waals surface area contributed by atoms with Crippen molar-refractivity contribution in [2.75, 3.05) is 26.4 Å². The molecule has 8 aliphatic rings. The van der Waals surface area contributed by atoms with Gasteiger partial charge in [-0.25, -0.2) is 0 Å². The Hall–Kier alpha value is -0.320. The van der Waals surface area contributed by atoms with Crippen molar-refractivity contribution in [1.29, 1.82) is 0 Å². The predicted molar refractivity (Wildman–Crippen MR) is 158 cm³/mol. The first-order chi connectivity index (χ1) is 20.8. The van der Waals surface area contributed by atoms with Gasteiger partial charge in [-0.05, 0) is 51.4 Å². The maximum Gasteiger partial charge on any atom is 0.172 e. The van der Waals surface area contributed by atoms with E-state index >= 15 is 0 Å². The minimum Gasteiger partial charge on any atom is -0.349 e. The van der Waals surface area contributed by atoms with Crippen LogP contribution in [0.3, 0.4) is 0 Å². The van der Waals surface area contributed by atoms with E-state index < -0.39 is 11.6 Å². The molecule has 4 saturated heterocycles. The van der Waals surface area contributed by atoms with Crippen molar-refractivity contribution in [3.8, 4) is 0 Å². The summed E-state index contributed by atoms with van der Waals surface area (Å²) in [6.45, 7) is 2.21. The zero-order valence-corrected chi connectivity index (χ0v) is 26.6. The van der Waals surface area contributed by atoms with Crippen LogP contribution in [0, 0.1) is 5.41 Å². The number of hydrogen-bond acceptors (Lipinski definition) is 6. The lowest BCUT2D eigenvalue weighted by Gasteiger charge is -2.64. The summed E-state index contributed by atoms with van der Waals surface area (Å²) in [7, 11) is 0. The number of hydrogen-bond donors (Lipinski definition) is 0. The number of piperidine rings is 2. The first kappa shape index (κ1) is 30.0. The van der Waals surface area contributed by atoms with E-state index in [0.717, 1.165) is 103 Å². The number of hydroxylamine groups is 4. The van der Waals surface area contributed by atoms with Gasteiger partial charge in [0.2, 0.25) is 0 Å². The van der Waals surface area contributed by atoms with Crippen LogP contribution in [0.4, 0.5) is 0 Å². The molecule has 8 nitrogen and oxygen atoms in total. The average molecular weight is 601 g/mol. The highest BCUT2D eigenvalue weighted by Gasteiger charge is 2.66. The fourth-order valence-electron chi connectivity index (χ4n) is 11.7. The van der Waals surface area contributed by atoms with Crippen molar-refractivity contribution in [2.45, 2.75) is 188 Å². The number of ether oxygens (including phenoxy) is 4. The minimum atomic E-state index is -0.678. The van der Waals surface area contributed by atoms with Crippen LogP contribution in [0.1, 0.15) is 154 Å². The lowest BCUT2D eigenvalue weighted by Crippen LogP contribution is -2.73. The van der Waals surface area contributed by atoms with Crippen molar-refractivity contribution in [3.63, 3.8) is 0 Å². The topological polar surface area (TPSA) is 83.2 Å². The standard InChI is InChI=1S/C35H56N2O6/c38-36-30(13-5-1-6-14-30)21-34(22-31(36)15-7-2-8-16-31)40-25-29(26-41-34)27-42-35(43-28-29)23-32(17-9-3-10-18-32)37(39)33(24-35)19-11-4-12-20-33/h1-28H2. The van der Waals surface area contributed by atoms with Gasteiger partial charge in [-0.1, -0.05) is 77.0 Å². The molecule has 0 bridgehead atoms. The van der Waals surface area contributed by atoms with Gasteiger partial charge >= 0.3 is 0 Å². The summed E-state index contributed by atoms with van der Waals surface area (Å²) in [6, 6.07) is 0. The number of nitrogens with zero attached hydrogens (tertiary/aromatic N) is 2. The van der Waals surface area contributed by atoms with Crippen molar-refractivity contribution in [2.24, 2.45) is 5.41 Å². The second-order valence-corrected chi connectivity index (χ2v) is 16.9. The van der Waals surface area contributed by atoms with Crippen LogP contribution in [-0.2, 0) is 29.4 Å². The molecule has 4 saturated carbocycles. The molecule has 7 spiro atoms. The van der Waals surface area contributed by atoms with Gasteiger partial charge in [-0.3, -0.25) is 0 Å². The molecule has 4 aliphatic heterocycles. The average Bonchev–Trinajstić information content (AvgIpc) is 3.04. The van der Waals surface area contributed by atoms with Gasteiger partial charge in [-0.15, -0.1) is 20.5 Å². The molecule has 242 valence electrons. The Labute approximate surface area is 259 Å². The lowest BCUT2D eigenvalue weighted by molar-refractivity contribution is -0.433. The summed E-state index contributed by atoms with van der Waals surface area (Å²) in [6.07, 6.45) is 24.4. The Morgan fingerprint density at radius 1 is 0.349 bits per heavy atom. The van der Waals surface area contributed by atoms with Crippen LogP contribution in [-0.4, -0.2) is 70.3 Å². The molecule has 0 aromatic carbocycles. The summed E-state index contributed by atoms with van der Waals surface area (Å²) in [5, 5.41) is 31.6. The maximum atomic E-state index is 14.2. The largest absolute Gasteiger partial charge is 0.349 e. The van der Waals surface area contributed by atoms with Crippen LogP contribution in [0.25, 0.3) is 0 Å². The van der Waals surface area contributed by atoms with Gasteiger partial charge in [0, 0.05) is 25.7 Å².